The summed E-state index contributed by atoms with van der Waals surface area (Å²) in [6.45, 7) is 12.7. The second kappa shape index (κ2) is 9.17. The molecule has 1 N–H and O–H groups in total. The summed E-state index contributed by atoms with van der Waals surface area (Å²) in [5.41, 5.74) is 0. The summed E-state index contributed by atoms with van der Waals surface area (Å²) in [4.78, 5) is 2.44. The Morgan fingerprint density at radius 3 is 2.20 bits per heavy atom. The summed E-state index contributed by atoms with van der Waals surface area (Å²) in [6, 6.07) is 0.644. The Morgan fingerprint density at radius 2 is 1.67 bits per heavy atom. The minimum atomic E-state index is 0.644. The lowest BCUT2D eigenvalue weighted by molar-refractivity contribution is 0.314. The van der Waals surface area contributed by atoms with Gasteiger partial charge >= 0.3 is 0 Å². The van der Waals surface area contributed by atoms with Crippen molar-refractivity contribution < 1.29 is 0 Å². The maximum atomic E-state index is 3.57. The van der Waals surface area contributed by atoms with E-state index >= 15 is 0 Å². The van der Waals surface area contributed by atoms with Crippen LogP contribution >= 0.6 is 0 Å². The highest BCUT2D eigenvalue weighted by molar-refractivity contribution is 4.64. The predicted octanol–water partition coefficient (Wildman–Crippen LogP) is 2.74. The first-order chi connectivity index (χ1) is 7.07. The van der Waals surface area contributed by atoms with Crippen LogP contribution in [-0.2, 0) is 0 Å². The summed E-state index contributed by atoms with van der Waals surface area (Å²) in [5.74, 6) is 0.739. The minimum Gasteiger partial charge on any atom is -0.314 e. The van der Waals surface area contributed by atoms with E-state index in [1.165, 1.54) is 32.4 Å². The van der Waals surface area contributed by atoms with Crippen molar-refractivity contribution in [3.8, 4) is 0 Å². The van der Waals surface area contributed by atoms with Crippen LogP contribution in [0.15, 0.2) is 0 Å². The van der Waals surface area contributed by atoms with E-state index in [0.717, 1.165) is 12.5 Å². The molecule has 2 nitrogen and oxygen atoms in total. The molecular formula is C13H30N2. The van der Waals surface area contributed by atoms with Crippen LogP contribution in [0.4, 0.5) is 0 Å². The summed E-state index contributed by atoms with van der Waals surface area (Å²) >= 11 is 0. The van der Waals surface area contributed by atoms with Gasteiger partial charge in [0.2, 0.25) is 0 Å². The fourth-order valence-electron chi connectivity index (χ4n) is 1.45. The second-order valence-corrected chi connectivity index (χ2v) is 5.00. The maximum Gasteiger partial charge on any atom is 0.00617 e. The highest BCUT2D eigenvalue weighted by Gasteiger charge is 2.05. The molecule has 0 rings (SSSR count). The molecule has 0 aliphatic heterocycles. The third kappa shape index (κ3) is 8.88. The molecular weight excluding hydrogens is 184 g/mol. The molecule has 0 bridgehead atoms. The molecule has 1 unspecified atom stereocenters. The van der Waals surface area contributed by atoms with E-state index in [0.29, 0.717) is 6.04 Å². The van der Waals surface area contributed by atoms with Crippen LogP contribution in [0.5, 0.6) is 0 Å². The Kier molecular flexibility index (Phi) is 9.12. The van der Waals surface area contributed by atoms with Crippen LogP contribution in [0, 0.1) is 5.92 Å². The lowest BCUT2D eigenvalue weighted by atomic mass is 10.1. The van der Waals surface area contributed by atoms with Crippen molar-refractivity contribution in [3.63, 3.8) is 0 Å². The molecule has 0 aromatic heterocycles. The van der Waals surface area contributed by atoms with E-state index in [2.05, 4.69) is 45.0 Å². The van der Waals surface area contributed by atoms with Crippen LogP contribution in [-0.4, -0.2) is 37.6 Å². The topological polar surface area (TPSA) is 15.3 Å². The van der Waals surface area contributed by atoms with Crippen LogP contribution in [0.2, 0.25) is 0 Å². The summed E-state index contributed by atoms with van der Waals surface area (Å²) in [7, 11) is 2.22. The molecule has 0 amide bonds. The molecule has 0 saturated heterocycles. The number of unbranched alkanes of at least 4 members (excludes halogenated alkanes) is 1. The lowest BCUT2D eigenvalue weighted by Crippen LogP contribution is -2.33. The normalized spacial score (nSPS) is 13.8. The Hall–Kier alpha value is -0.0800. The van der Waals surface area contributed by atoms with E-state index in [1.807, 2.05) is 0 Å². The lowest BCUT2D eigenvalue weighted by Gasteiger charge is -2.19. The molecule has 92 valence electrons. The molecule has 1 atom stereocenters. The van der Waals surface area contributed by atoms with Gasteiger partial charge in [-0.3, -0.25) is 0 Å². The number of hydrogen-bond donors (Lipinski definition) is 1. The number of nitrogens with one attached hydrogen (secondary N) is 1. The average Bonchev–Trinajstić information content (AvgIpc) is 2.20. The molecule has 0 radical (unpaired) electrons. The van der Waals surface area contributed by atoms with Crippen LogP contribution in [0.3, 0.4) is 0 Å². The van der Waals surface area contributed by atoms with Gasteiger partial charge in [0.05, 0.1) is 0 Å². The number of nitrogens with zero attached hydrogens (tertiary/aromatic N) is 1. The fourth-order valence-corrected chi connectivity index (χ4v) is 1.45. The van der Waals surface area contributed by atoms with E-state index < -0.39 is 0 Å². The van der Waals surface area contributed by atoms with Crippen molar-refractivity contribution >= 4 is 0 Å². The third-order valence-corrected chi connectivity index (χ3v) is 3.08. The molecule has 0 fully saturated rings. The Balaban J connectivity index is 3.30. The molecule has 0 aliphatic carbocycles. The van der Waals surface area contributed by atoms with Gasteiger partial charge in [-0.05, 0) is 52.4 Å². The SMILES string of the molecule is CCCCN(C)CCCNC(C)C(C)C. The van der Waals surface area contributed by atoms with Gasteiger partial charge in [0, 0.05) is 6.04 Å². The second-order valence-electron chi connectivity index (χ2n) is 5.00. The average molecular weight is 214 g/mol. The Labute approximate surface area is 96.4 Å². The van der Waals surface area contributed by atoms with Crippen molar-refractivity contribution in [2.45, 2.75) is 53.0 Å². The molecule has 2 heteroatoms. The highest BCUT2D eigenvalue weighted by atomic mass is 15.1. The zero-order chi connectivity index (χ0) is 11.7. The molecule has 0 aromatic rings. The first-order valence-corrected chi connectivity index (χ1v) is 6.49. The van der Waals surface area contributed by atoms with E-state index in [9.17, 15) is 0 Å². The van der Waals surface area contributed by atoms with Gasteiger partial charge < -0.3 is 10.2 Å². The van der Waals surface area contributed by atoms with Crippen LogP contribution in [0.25, 0.3) is 0 Å². The fraction of sp³-hybridized carbons (Fsp3) is 1.00. The molecule has 0 aromatic carbocycles. The van der Waals surface area contributed by atoms with Crippen LogP contribution in [0.1, 0.15) is 47.0 Å². The zero-order valence-electron chi connectivity index (χ0n) is 11.3. The van der Waals surface area contributed by atoms with Crippen molar-refractivity contribution in [1.29, 1.82) is 0 Å². The predicted molar refractivity (Wildman–Crippen MR) is 69.3 cm³/mol. The van der Waals surface area contributed by atoms with Gasteiger partial charge in [-0.15, -0.1) is 0 Å². The summed E-state index contributed by atoms with van der Waals surface area (Å²) < 4.78 is 0. The Bertz CT molecular complexity index is 134. The zero-order valence-corrected chi connectivity index (χ0v) is 11.3. The largest absolute Gasteiger partial charge is 0.314 e. The molecule has 0 saturated carbocycles. The first-order valence-electron chi connectivity index (χ1n) is 6.49. The van der Waals surface area contributed by atoms with Gasteiger partial charge in [0.1, 0.15) is 0 Å². The van der Waals surface area contributed by atoms with E-state index in [-0.39, 0.29) is 0 Å². The van der Waals surface area contributed by atoms with Gasteiger partial charge in [0.25, 0.3) is 0 Å². The molecule has 0 spiro atoms. The van der Waals surface area contributed by atoms with Gasteiger partial charge in [-0.2, -0.15) is 0 Å². The monoisotopic (exact) mass is 214 g/mol. The Morgan fingerprint density at radius 1 is 1.07 bits per heavy atom. The maximum absolute atomic E-state index is 3.57. The van der Waals surface area contributed by atoms with Crippen LogP contribution < -0.4 is 5.32 Å². The smallest absolute Gasteiger partial charge is 0.00617 e. The van der Waals surface area contributed by atoms with Crippen molar-refractivity contribution in [1.82, 2.24) is 10.2 Å². The quantitative estimate of drug-likeness (QED) is 0.594. The third-order valence-electron chi connectivity index (χ3n) is 3.08. The summed E-state index contributed by atoms with van der Waals surface area (Å²) in [6.07, 6.45) is 3.89. The van der Waals surface area contributed by atoms with Gasteiger partial charge in [-0.1, -0.05) is 27.2 Å². The van der Waals surface area contributed by atoms with Gasteiger partial charge in [0.15, 0.2) is 0 Å². The standard InChI is InChI=1S/C13H30N2/c1-6-7-10-15(5)11-8-9-14-13(4)12(2)3/h12-14H,6-11H2,1-5H3. The summed E-state index contributed by atoms with van der Waals surface area (Å²) in [5, 5.41) is 3.57. The van der Waals surface area contributed by atoms with Crippen molar-refractivity contribution in [3.05, 3.63) is 0 Å². The van der Waals surface area contributed by atoms with E-state index in [1.54, 1.807) is 0 Å². The highest BCUT2D eigenvalue weighted by Crippen LogP contribution is 1.99. The minimum absolute atomic E-state index is 0.644. The molecule has 0 aliphatic rings. The number of hydrogen-bond acceptors (Lipinski definition) is 2. The first kappa shape index (κ1) is 14.9. The molecule has 0 heterocycles. The van der Waals surface area contributed by atoms with E-state index in [4.69, 9.17) is 0 Å². The van der Waals surface area contributed by atoms with Gasteiger partial charge in [-0.25, -0.2) is 0 Å². The van der Waals surface area contributed by atoms with Crippen molar-refractivity contribution in [2.24, 2.45) is 5.92 Å². The number of rotatable bonds is 9. The van der Waals surface area contributed by atoms with Crippen molar-refractivity contribution in [2.75, 3.05) is 26.7 Å². The molecule has 15 heavy (non-hydrogen) atoms.